The molecule has 0 atom stereocenters. The Balaban J connectivity index is 3.72. The predicted molar refractivity (Wildman–Crippen MR) is 81.6 cm³/mol. The van der Waals surface area contributed by atoms with Gasteiger partial charge in [-0.2, -0.15) is 11.8 Å². The van der Waals surface area contributed by atoms with E-state index in [1.807, 2.05) is 0 Å². The summed E-state index contributed by atoms with van der Waals surface area (Å²) < 4.78 is 2.45. The second-order valence-corrected chi connectivity index (χ2v) is 6.79. The lowest BCUT2D eigenvalue weighted by Crippen LogP contribution is -2.46. The summed E-state index contributed by atoms with van der Waals surface area (Å²) in [5.74, 6) is 2.62. The monoisotopic (exact) mass is 262 g/mol. The van der Waals surface area contributed by atoms with E-state index in [0.29, 0.717) is 0 Å². The number of hydrogen-bond donors (Lipinski definition) is 0. The van der Waals surface area contributed by atoms with Gasteiger partial charge in [0, 0.05) is 11.5 Å². The summed E-state index contributed by atoms with van der Waals surface area (Å²) in [5, 5.41) is 0. The van der Waals surface area contributed by atoms with E-state index < -0.39 is 0 Å². The third-order valence-corrected chi connectivity index (χ3v) is 5.55. The molecule has 0 radical (unpaired) electrons. The first kappa shape index (κ1) is 17.3. The van der Waals surface area contributed by atoms with Gasteiger partial charge in [-0.1, -0.05) is 0 Å². The minimum absolute atomic E-state index is 1.22. The number of quaternary nitrogens is 2. The van der Waals surface area contributed by atoms with Crippen LogP contribution in [0.4, 0.5) is 0 Å². The van der Waals surface area contributed by atoms with Crippen LogP contribution in [0.25, 0.3) is 0 Å². The van der Waals surface area contributed by atoms with E-state index >= 15 is 0 Å². The Morgan fingerprint density at radius 3 is 1.18 bits per heavy atom. The van der Waals surface area contributed by atoms with Gasteiger partial charge >= 0.3 is 0 Å². The first-order valence-corrected chi connectivity index (χ1v) is 8.35. The van der Waals surface area contributed by atoms with Crippen molar-refractivity contribution in [1.82, 2.24) is 0 Å². The molecule has 0 aliphatic heterocycles. The van der Waals surface area contributed by atoms with E-state index in [-0.39, 0.29) is 0 Å². The number of hydrogen-bond acceptors (Lipinski definition) is 1. The van der Waals surface area contributed by atoms with Crippen LogP contribution < -0.4 is 0 Å². The third kappa shape index (κ3) is 6.68. The van der Waals surface area contributed by atoms with Crippen molar-refractivity contribution in [3.63, 3.8) is 0 Å². The van der Waals surface area contributed by atoms with Gasteiger partial charge in [-0.15, -0.1) is 0 Å². The van der Waals surface area contributed by atoms with Crippen LogP contribution in [0.3, 0.4) is 0 Å². The van der Waals surface area contributed by atoms with Crippen LogP contribution in [0.2, 0.25) is 0 Å². The van der Waals surface area contributed by atoms with Crippen molar-refractivity contribution in [3.05, 3.63) is 0 Å². The Morgan fingerprint density at radius 1 is 0.647 bits per heavy atom. The van der Waals surface area contributed by atoms with Crippen molar-refractivity contribution in [2.75, 3.05) is 64.9 Å². The Bertz CT molecular complexity index is 167. The molecule has 0 aliphatic carbocycles. The summed E-state index contributed by atoms with van der Waals surface area (Å²) in [6.07, 6.45) is 0. The van der Waals surface area contributed by atoms with Crippen molar-refractivity contribution >= 4 is 11.8 Å². The van der Waals surface area contributed by atoms with Crippen LogP contribution in [0, 0.1) is 0 Å². The third-order valence-electron chi connectivity index (χ3n) is 4.60. The van der Waals surface area contributed by atoms with Gasteiger partial charge in [0.05, 0.1) is 53.4 Å². The lowest BCUT2D eigenvalue weighted by molar-refractivity contribution is -0.904. The summed E-state index contributed by atoms with van der Waals surface area (Å²) in [6.45, 7) is 16.9. The van der Waals surface area contributed by atoms with Crippen molar-refractivity contribution in [3.8, 4) is 0 Å². The van der Waals surface area contributed by atoms with Crippen LogP contribution >= 0.6 is 11.8 Å². The average Bonchev–Trinajstić information content (AvgIpc) is 2.37. The first-order valence-electron chi connectivity index (χ1n) is 7.20. The minimum Gasteiger partial charge on any atom is -0.326 e. The number of rotatable bonds is 10. The summed E-state index contributed by atoms with van der Waals surface area (Å²) in [7, 11) is 4.75. The molecule has 0 aromatic heterocycles. The highest BCUT2D eigenvalue weighted by molar-refractivity contribution is 7.99. The van der Waals surface area contributed by atoms with Gasteiger partial charge < -0.3 is 8.97 Å². The molecule has 0 fully saturated rings. The highest BCUT2D eigenvalue weighted by atomic mass is 32.2. The zero-order valence-electron chi connectivity index (χ0n) is 13.0. The number of thioether (sulfide) groups is 1. The molecule has 0 saturated carbocycles. The van der Waals surface area contributed by atoms with Crippen molar-refractivity contribution in [1.29, 1.82) is 0 Å². The van der Waals surface area contributed by atoms with E-state index in [2.05, 4.69) is 53.6 Å². The smallest absolute Gasteiger partial charge is 0.0876 e. The molecule has 104 valence electrons. The van der Waals surface area contributed by atoms with Crippen LogP contribution in [0.1, 0.15) is 27.7 Å². The molecule has 0 saturated heterocycles. The van der Waals surface area contributed by atoms with Crippen LogP contribution in [-0.2, 0) is 0 Å². The molecule has 0 aliphatic rings. The highest BCUT2D eigenvalue weighted by Crippen LogP contribution is 2.09. The molecule has 0 aromatic rings. The molecule has 0 aromatic carbocycles. The summed E-state index contributed by atoms with van der Waals surface area (Å²) in [5.41, 5.74) is 0. The van der Waals surface area contributed by atoms with E-state index in [1.54, 1.807) is 0 Å². The van der Waals surface area contributed by atoms with E-state index in [9.17, 15) is 0 Å². The predicted octanol–water partition coefficient (Wildman–Crippen LogP) is 2.69. The topological polar surface area (TPSA) is 0 Å². The molecule has 17 heavy (non-hydrogen) atoms. The molecule has 0 N–H and O–H groups in total. The van der Waals surface area contributed by atoms with Gasteiger partial charge in [0.15, 0.2) is 0 Å². The van der Waals surface area contributed by atoms with E-state index in [1.165, 1.54) is 59.7 Å². The first-order chi connectivity index (χ1) is 7.95. The molecule has 3 heteroatoms. The second-order valence-electron chi connectivity index (χ2n) is 5.56. The largest absolute Gasteiger partial charge is 0.326 e. The maximum absolute atomic E-state index is 2.37. The second kappa shape index (κ2) is 8.39. The SMILES string of the molecule is CC[N+](C)(CC)CCSCC[N+](C)(CC)CC. The Morgan fingerprint density at radius 2 is 0.941 bits per heavy atom. The molecular weight excluding hydrogens is 228 g/mol. The zero-order chi connectivity index (χ0) is 13.4. The fourth-order valence-corrected chi connectivity index (χ4v) is 3.10. The normalized spacial score (nSPS) is 13.1. The van der Waals surface area contributed by atoms with Crippen molar-refractivity contribution < 1.29 is 8.97 Å². The lowest BCUT2D eigenvalue weighted by atomic mass is 10.4. The zero-order valence-corrected chi connectivity index (χ0v) is 13.8. The fourth-order valence-electron chi connectivity index (χ4n) is 1.75. The Kier molecular flexibility index (Phi) is 8.52. The van der Waals surface area contributed by atoms with Gasteiger partial charge in [0.25, 0.3) is 0 Å². The van der Waals surface area contributed by atoms with Crippen LogP contribution in [0.5, 0.6) is 0 Å². The molecule has 0 heterocycles. The molecule has 0 unspecified atom stereocenters. The van der Waals surface area contributed by atoms with Crippen LogP contribution in [0.15, 0.2) is 0 Å². The lowest BCUT2D eigenvalue weighted by Gasteiger charge is -2.33. The van der Waals surface area contributed by atoms with Gasteiger partial charge in [-0.05, 0) is 27.7 Å². The Hall–Kier alpha value is 0.270. The molecule has 0 amide bonds. The maximum Gasteiger partial charge on any atom is 0.0876 e. The van der Waals surface area contributed by atoms with Crippen LogP contribution in [-0.4, -0.2) is 73.8 Å². The van der Waals surface area contributed by atoms with Gasteiger partial charge in [-0.3, -0.25) is 0 Å². The molecule has 0 spiro atoms. The highest BCUT2D eigenvalue weighted by Gasteiger charge is 2.17. The van der Waals surface area contributed by atoms with E-state index in [4.69, 9.17) is 0 Å². The molecule has 2 nitrogen and oxygen atoms in total. The summed E-state index contributed by atoms with van der Waals surface area (Å²) >= 11 is 2.14. The standard InChI is InChI=1S/C14H34N2S/c1-7-15(5,8-2)11-13-17-14-12-16(6,9-3)10-4/h7-14H2,1-6H3/q+2. The summed E-state index contributed by atoms with van der Waals surface area (Å²) in [6, 6.07) is 0. The molecule has 0 rings (SSSR count). The molecule has 0 bridgehead atoms. The van der Waals surface area contributed by atoms with Crippen molar-refractivity contribution in [2.24, 2.45) is 0 Å². The van der Waals surface area contributed by atoms with Crippen molar-refractivity contribution in [2.45, 2.75) is 27.7 Å². The van der Waals surface area contributed by atoms with E-state index in [0.717, 1.165) is 0 Å². The summed E-state index contributed by atoms with van der Waals surface area (Å²) in [4.78, 5) is 0. The number of nitrogens with zero attached hydrogens (tertiary/aromatic N) is 2. The Labute approximate surface area is 114 Å². The maximum atomic E-state index is 2.37. The quantitative estimate of drug-likeness (QED) is 0.431. The molecular formula is C14H34N2S+2. The average molecular weight is 263 g/mol. The minimum atomic E-state index is 1.22. The van der Waals surface area contributed by atoms with Gasteiger partial charge in [0.2, 0.25) is 0 Å². The van der Waals surface area contributed by atoms with Gasteiger partial charge in [-0.25, -0.2) is 0 Å². The van der Waals surface area contributed by atoms with Gasteiger partial charge in [0.1, 0.15) is 0 Å². The fraction of sp³-hybridized carbons (Fsp3) is 1.00.